The second kappa shape index (κ2) is 4.09. The van der Waals surface area contributed by atoms with E-state index in [1.807, 2.05) is 0 Å². The Bertz CT molecular complexity index is 409. The molecule has 1 aliphatic rings. The van der Waals surface area contributed by atoms with Crippen molar-refractivity contribution in [3.8, 4) is 5.75 Å². The summed E-state index contributed by atoms with van der Waals surface area (Å²) in [5, 5.41) is 0. The standard InChI is InChI=1S/C13H13F3O/c1-12(8-2-3-9-12)10-4-6-11(7-5-10)17-13(14,15)16/h2-7H,8-9H2,1H3. The average molecular weight is 242 g/mol. The molecule has 92 valence electrons. The normalized spacial score (nSPS) is 18.4. The Balaban J connectivity index is 2.13. The van der Waals surface area contributed by atoms with Crippen molar-refractivity contribution in [1.82, 2.24) is 0 Å². The number of rotatable bonds is 2. The molecule has 0 bridgehead atoms. The fourth-order valence-electron chi connectivity index (χ4n) is 2.06. The lowest BCUT2D eigenvalue weighted by molar-refractivity contribution is -0.274. The third-order valence-corrected chi connectivity index (χ3v) is 3.09. The van der Waals surface area contributed by atoms with Crippen molar-refractivity contribution in [2.24, 2.45) is 0 Å². The zero-order chi connectivity index (χ0) is 12.5. The van der Waals surface area contributed by atoms with Crippen LogP contribution in [-0.2, 0) is 5.41 Å². The number of halogens is 3. The summed E-state index contributed by atoms with van der Waals surface area (Å²) in [5.74, 6) is -0.171. The van der Waals surface area contributed by atoms with Crippen LogP contribution >= 0.6 is 0 Å². The van der Waals surface area contributed by atoms with Crippen LogP contribution in [0.2, 0.25) is 0 Å². The highest BCUT2D eigenvalue weighted by molar-refractivity contribution is 5.34. The van der Waals surface area contributed by atoms with Crippen molar-refractivity contribution < 1.29 is 17.9 Å². The summed E-state index contributed by atoms with van der Waals surface area (Å²) in [5.41, 5.74) is 1.05. The van der Waals surface area contributed by atoms with Crippen LogP contribution in [-0.4, -0.2) is 6.36 Å². The molecule has 0 atom stereocenters. The minimum Gasteiger partial charge on any atom is -0.406 e. The number of benzene rings is 1. The average Bonchev–Trinajstić information content (AvgIpc) is 2.65. The van der Waals surface area contributed by atoms with Crippen LogP contribution in [0.25, 0.3) is 0 Å². The van der Waals surface area contributed by atoms with Crippen LogP contribution in [0, 0.1) is 0 Å². The van der Waals surface area contributed by atoms with E-state index in [0.717, 1.165) is 18.4 Å². The van der Waals surface area contributed by atoms with E-state index in [0.29, 0.717) is 0 Å². The molecule has 0 saturated carbocycles. The van der Waals surface area contributed by atoms with Crippen LogP contribution in [0.3, 0.4) is 0 Å². The maximum Gasteiger partial charge on any atom is 0.573 e. The minimum atomic E-state index is -4.62. The molecule has 1 aromatic rings. The summed E-state index contributed by atoms with van der Waals surface area (Å²) < 4.78 is 39.8. The van der Waals surface area contributed by atoms with Gasteiger partial charge in [-0.25, -0.2) is 0 Å². The molecule has 0 fully saturated rings. The molecule has 0 radical (unpaired) electrons. The number of hydrogen-bond acceptors (Lipinski definition) is 1. The summed E-state index contributed by atoms with van der Waals surface area (Å²) >= 11 is 0. The van der Waals surface area contributed by atoms with E-state index in [1.54, 1.807) is 12.1 Å². The Hall–Kier alpha value is -1.45. The number of alkyl halides is 3. The second-order valence-electron chi connectivity index (χ2n) is 4.51. The van der Waals surface area contributed by atoms with Crippen molar-refractivity contribution in [2.75, 3.05) is 0 Å². The monoisotopic (exact) mass is 242 g/mol. The topological polar surface area (TPSA) is 9.23 Å². The Morgan fingerprint density at radius 1 is 1.06 bits per heavy atom. The molecule has 0 aliphatic heterocycles. The molecule has 4 heteroatoms. The van der Waals surface area contributed by atoms with E-state index in [1.165, 1.54) is 12.1 Å². The Labute approximate surface area is 97.9 Å². The third kappa shape index (κ3) is 2.81. The maximum absolute atomic E-state index is 12.0. The molecule has 2 rings (SSSR count). The van der Waals surface area contributed by atoms with Crippen molar-refractivity contribution in [2.45, 2.75) is 31.5 Å². The fraction of sp³-hybridized carbons (Fsp3) is 0.385. The van der Waals surface area contributed by atoms with Crippen molar-refractivity contribution in [3.63, 3.8) is 0 Å². The van der Waals surface area contributed by atoms with Gasteiger partial charge in [-0.05, 0) is 36.0 Å². The maximum atomic E-state index is 12.0. The molecule has 0 unspecified atom stereocenters. The van der Waals surface area contributed by atoms with Gasteiger partial charge in [-0.1, -0.05) is 31.2 Å². The van der Waals surface area contributed by atoms with Crippen LogP contribution < -0.4 is 4.74 Å². The molecule has 0 N–H and O–H groups in total. The third-order valence-electron chi connectivity index (χ3n) is 3.09. The van der Waals surface area contributed by atoms with Gasteiger partial charge < -0.3 is 4.74 Å². The van der Waals surface area contributed by atoms with E-state index >= 15 is 0 Å². The first-order chi connectivity index (χ1) is 7.89. The molecule has 17 heavy (non-hydrogen) atoms. The molecule has 1 nitrogen and oxygen atoms in total. The van der Waals surface area contributed by atoms with Crippen molar-refractivity contribution in [3.05, 3.63) is 42.0 Å². The Morgan fingerprint density at radius 3 is 2.06 bits per heavy atom. The lowest BCUT2D eigenvalue weighted by Gasteiger charge is -2.24. The minimum absolute atomic E-state index is 0.0107. The lowest BCUT2D eigenvalue weighted by atomic mass is 9.80. The quantitative estimate of drug-likeness (QED) is 0.706. The molecular weight excluding hydrogens is 229 g/mol. The van der Waals surface area contributed by atoms with Gasteiger partial charge in [0.15, 0.2) is 0 Å². The van der Waals surface area contributed by atoms with Crippen LogP contribution in [0.5, 0.6) is 5.75 Å². The highest BCUT2D eigenvalue weighted by Crippen LogP contribution is 2.37. The predicted molar refractivity (Wildman–Crippen MR) is 58.9 cm³/mol. The molecule has 0 spiro atoms. The van der Waals surface area contributed by atoms with Gasteiger partial charge in [0.05, 0.1) is 0 Å². The molecule has 0 saturated heterocycles. The lowest BCUT2D eigenvalue weighted by Crippen LogP contribution is -2.19. The summed E-state index contributed by atoms with van der Waals surface area (Å²) in [6.45, 7) is 2.10. The van der Waals surface area contributed by atoms with E-state index in [2.05, 4.69) is 23.8 Å². The van der Waals surface area contributed by atoms with Crippen LogP contribution in [0.1, 0.15) is 25.3 Å². The second-order valence-corrected chi connectivity index (χ2v) is 4.51. The number of ether oxygens (including phenoxy) is 1. The van der Waals surface area contributed by atoms with E-state index < -0.39 is 6.36 Å². The molecule has 0 aromatic heterocycles. The van der Waals surface area contributed by atoms with E-state index in [-0.39, 0.29) is 11.2 Å². The molecule has 1 aliphatic carbocycles. The summed E-state index contributed by atoms with van der Waals surface area (Å²) in [6, 6.07) is 6.14. The highest BCUT2D eigenvalue weighted by Gasteiger charge is 2.32. The first kappa shape index (κ1) is 12.0. The van der Waals surface area contributed by atoms with Gasteiger partial charge in [-0.2, -0.15) is 0 Å². The highest BCUT2D eigenvalue weighted by atomic mass is 19.4. The van der Waals surface area contributed by atoms with Crippen molar-refractivity contribution >= 4 is 0 Å². The largest absolute Gasteiger partial charge is 0.573 e. The van der Waals surface area contributed by atoms with Gasteiger partial charge in [0, 0.05) is 0 Å². The van der Waals surface area contributed by atoms with Gasteiger partial charge >= 0.3 is 6.36 Å². The molecule has 0 heterocycles. The van der Waals surface area contributed by atoms with Gasteiger partial charge in [0.1, 0.15) is 5.75 Å². The fourth-order valence-corrected chi connectivity index (χ4v) is 2.06. The number of hydrogen-bond donors (Lipinski definition) is 0. The first-order valence-corrected chi connectivity index (χ1v) is 5.40. The first-order valence-electron chi connectivity index (χ1n) is 5.40. The van der Waals surface area contributed by atoms with Gasteiger partial charge in [0.25, 0.3) is 0 Å². The zero-order valence-electron chi connectivity index (χ0n) is 9.42. The van der Waals surface area contributed by atoms with Gasteiger partial charge in [-0.3, -0.25) is 0 Å². The predicted octanol–water partition coefficient (Wildman–Crippen LogP) is 4.19. The SMILES string of the molecule is CC1(c2ccc(OC(F)(F)F)cc2)CC=CC1. The van der Waals surface area contributed by atoms with Gasteiger partial charge in [0.2, 0.25) is 0 Å². The van der Waals surface area contributed by atoms with E-state index in [9.17, 15) is 13.2 Å². The Morgan fingerprint density at radius 2 is 1.59 bits per heavy atom. The smallest absolute Gasteiger partial charge is 0.406 e. The van der Waals surface area contributed by atoms with Crippen LogP contribution in [0.4, 0.5) is 13.2 Å². The van der Waals surface area contributed by atoms with Crippen molar-refractivity contribution in [1.29, 1.82) is 0 Å². The number of allylic oxidation sites excluding steroid dienone is 2. The molecule has 0 amide bonds. The molecule has 1 aromatic carbocycles. The van der Waals surface area contributed by atoms with Gasteiger partial charge in [-0.15, -0.1) is 13.2 Å². The Kier molecular flexibility index (Phi) is 2.89. The van der Waals surface area contributed by atoms with E-state index in [4.69, 9.17) is 0 Å². The summed E-state index contributed by atoms with van der Waals surface area (Å²) in [6.07, 6.45) is 1.42. The zero-order valence-corrected chi connectivity index (χ0v) is 9.42. The summed E-state index contributed by atoms with van der Waals surface area (Å²) in [7, 11) is 0. The summed E-state index contributed by atoms with van der Waals surface area (Å²) in [4.78, 5) is 0. The van der Waals surface area contributed by atoms with Crippen LogP contribution in [0.15, 0.2) is 36.4 Å². The molecular formula is C13H13F3O.